The molecule has 26 heavy (non-hydrogen) atoms. The van der Waals surface area contributed by atoms with Crippen molar-refractivity contribution in [3.05, 3.63) is 74.3 Å². The Morgan fingerprint density at radius 1 is 1.08 bits per heavy atom. The maximum Gasteiger partial charge on any atom is 0.260 e. The highest BCUT2D eigenvalue weighted by Crippen LogP contribution is 2.30. The maximum atomic E-state index is 12.7. The number of rotatable bonds is 6. The summed E-state index contributed by atoms with van der Waals surface area (Å²) in [5.74, 6) is 0.724. The molecule has 0 amide bonds. The van der Waals surface area contributed by atoms with Crippen molar-refractivity contribution in [2.45, 2.75) is 20.0 Å². The van der Waals surface area contributed by atoms with Crippen molar-refractivity contribution in [2.75, 3.05) is 6.54 Å². The molecule has 132 valence electrons. The molecule has 3 heterocycles. The molecule has 4 aromatic rings. The van der Waals surface area contributed by atoms with Crippen molar-refractivity contribution in [1.29, 1.82) is 0 Å². The highest BCUT2D eigenvalue weighted by atomic mass is 32.1. The Balaban J connectivity index is 1.64. The van der Waals surface area contributed by atoms with Crippen LogP contribution in [-0.4, -0.2) is 21.4 Å². The van der Waals surface area contributed by atoms with E-state index >= 15 is 0 Å². The Labute approximate surface area is 159 Å². The first kappa shape index (κ1) is 17.1. The Morgan fingerprint density at radius 3 is 2.65 bits per heavy atom. The first-order valence-corrected chi connectivity index (χ1v) is 10.3. The molecule has 6 heteroatoms. The molecule has 0 aliphatic rings. The Hall–Kier alpha value is -2.28. The first-order chi connectivity index (χ1) is 12.7. The third kappa shape index (κ3) is 3.49. The van der Waals surface area contributed by atoms with Crippen molar-refractivity contribution in [3.8, 4) is 11.1 Å². The van der Waals surface area contributed by atoms with Crippen LogP contribution in [0.15, 0.2) is 58.0 Å². The third-order valence-corrected chi connectivity index (χ3v) is 6.09. The zero-order valence-electron chi connectivity index (χ0n) is 14.4. The standard InChI is InChI=1S/C20H19N3OS2/c1-2-23(11-15-9-6-10-25-15)12-17-21-19(24)18-16(13-26-20(18)22-17)14-7-4-3-5-8-14/h3-10,13H,2,11-12H2,1H3,(H,21,22,24). The average Bonchev–Trinajstić information content (AvgIpc) is 3.31. The van der Waals surface area contributed by atoms with Gasteiger partial charge >= 0.3 is 0 Å². The molecular weight excluding hydrogens is 362 g/mol. The number of thiophene rings is 2. The van der Waals surface area contributed by atoms with Gasteiger partial charge in [-0.15, -0.1) is 22.7 Å². The van der Waals surface area contributed by atoms with E-state index in [2.05, 4.69) is 34.3 Å². The third-order valence-electron chi connectivity index (χ3n) is 4.36. The smallest absolute Gasteiger partial charge is 0.260 e. The lowest BCUT2D eigenvalue weighted by Crippen LogP contribution is -2.24. The highest BCUT2D eigenvalue weighted by Gasteiger charge is 2.14. The predicted octanol–water partition coefficient (Wildman–Crippen LogP) is 4.74. The van der Waals surface area contributed by atoms with Crippen LogP contribution in [0.1, 0.15) is 17.6 Å². The SMILES string of the molecule is CCN(Cc1nc2scc(-c3ccccc3)c2c(=O)[nH]1)Cc1cccs1. The Bertz CT molecular complexity index is 1050. The second-order valence-electron chi connectivity index (χ2n) is 6.09. The second-order valence-corrected chi connectivity index (χ2v) is 7.98. The van der Waals surface area contributed by atoms with Crippen LogP contribution in [0.3, 0.4) is 0 Å². The lowest BCUT2D eigenvalue weighted by atomic mass is 10.1. The zero-order valence-corrected chi connectivity index (χ0v) is 16.1. The number of aromatic amines is 1. The number of H-pyrrole nitrogens is 1. The van der Waals surface area contributed by atoms with Crippen LogP contribution in [0.25, 0.3) is 21.3 Å². The van der Waals surface area contributed by atoms with Gasteiger partial charge in [-0.2, -0.15) is 0 Å². The summed E-state index contributed by atoms with van der Waals surface area (Å²) in [4.78, 5) is 24.9. The van der Waals surface area contributed by atoms with Crippen molar-refractivity contribution in [1.82, 2.24) is 14.9 Å². The van der Waals surface area contributed by atoms with E-state index in [1.807, 2.05) is 35.7 Å². The summed E-state index contributed by atoms with van der Waals surface area (Å²) in [6, 6.07) is 14.2. The molecule has 0 saturated heterocycles. The minimum Gasteiger partial charge on any atom is -0.309 e. The fourth-order valence-electron chi connectivity index (χ4n) is 3.01. The van der Waals surface area contributed by atoms with E-state index in [4.69, 9.17) is 4.98 Å². The minimum absolute atomic E-state index is 0.0581. The van der Waals surface area contributed by atoms with Crippen molar-refractivity contribution >= 4 is 32.9 Å². The summed E-state index contributed by atoms with van der Waals surface area (Å²) in [6.45, 7) is 4.54. The van der Waals surface area contributed by atoms with Crippen LogP contribution in [-0.2, 0) is 13.1 Å². The molecule has 0 saturated carbocycles. The predicted molar refractivity (Wildman–Crippen MR) is 110 cm³/mol. The molecule has 0 radical (unpaired) electrons. The zero-order chi connectivity index (χ0) is 17.9. The molecule has 4 rings (SSSR count). The molecule has 0 atom stereocenters. The maximum absolute atomic E-state index is 12.7. The summed E-state index contributed by atoms with van der Waals surface area (Å²) in [5, 5.41) is 4.80. The van der Waals surface area contributed by atoms with Crippen LogP contribution in [0.5, 0.6) is 0 Å². The van der Waals surface area contributed by atoms with Gasteiger partial charge in [0, 0.05) is 22.4 Å². The topological polar surface area (TPSA) is 49.0 Å². The van der Waals surface area contributed by atoms with E-state index in [-0.39, 0.29) is 5.56 Å². The van der Waals surface area contributed by atoms with Gasteiger partial charge in [0.2, 0.25) is 0 Å². The van der Waals surface area contributed by atoms with Gasteiger partial charge < -0.3 is 4.98 Å². The van der Waals surface area contributed by atoms with Crippen LogP contribution in [0, 0.1) is 0 Å². The molecule has 0 aliphatic heterocycles. The fourth-order valence-corrected chi connectivity index (χ4v) is 4.73. The quantitative estimate of drug-likeness (QED) is 0.525. The van der Waals surface area contributed by atoms with Gasteiger partial charge in [0.15, 0.2) is 0 Å². The molecule has 0 fully saturated rings. The number of hydrogen-bond acceptors (Lipinski definition) is 5. The van der Waals surface area contributed by atoms with Gasteiger partial charge in [-0.05, 0) is 23.6 Å². The van der Waals surface area contributed by atoms with Crippen molar-refractivity contribution in [3.63, 3.8) is 0 Å². The molecule has 1 aromatic carbocycles. The van der Waals surface area contributed by atoms with Crippen LogP contribution >= 0.6 is 22.7 Å². The number of nitrogens with one attached hydrogen (secondary N) is 1. The summed E-state index contributed by atoms with van der Waals surface area (Å²) in [5.41, 5.74) is 1.95. The van der Waals surface area contributed by atoms with Crippen molar-refractivity contribution in [2.24, 2.45) is 0 Å². The van der Waals surface area contributed by atoms with E-state index in [1.54, 1.807) is 11.3 Å². The molecule has 3 aromatic heterocycles. The molecule has 0 unspecified atom stereocenters. The average molecular weight is 382 g/mol. The normalized spacial score (nSPS) is 11.5. The number of aromatic nitrogens is 2. The van der Waals surface area contributed by atoms with Crippen LogP contribution in [0.4, 0.5) is 0 Å². The summed E-state index contributed by atoms with van der Waals surface area (Å²) < 4.78 is 0. The molecular formula is C20H19N3OS2. The van der Waals surface area contributed by atoms with Gasteiger partial charge in [0.05, 0.1) is 11.9 Å². The van der Waals surface area contributed by atoms with Gasteiger partial charge in [-0.25, -0.2) is 4.98 Å². The van der Waals surface area contributed by atoms with E-state index in [0.29, 0.717) is 11.9 Å². The van der Waals surface area contributed by atoms with E-state index < -0.39 is 0 Å². The van der Waals surface area contributed by atoms with Crippen LogP contribution < -0.4 is 5.56 Å². The lowest BCUT2D eigenvalue weighted by Gasteiger charge is -2.18. The highest BCUT2D eigenvalue weighted by molar-refractivity contribution is 7.17. The van der Waals surface area contributed by atoms with E-state index in [9.17, 15) is 4.79 Å². The number of nitrogens with zero attached hydrogens (tertiary/aromatic N) is 2. The van der Waals surface area contributed by atoms with Crippen molar-refractivity contribution < 1.29 is 0 Å². The van der Waals surface area contributed by atoms with Gasteiger partial charge in [-0.1, -0.05) is 43.3 Å². The number of hydrogen-bond donors (Lipinski definition) is 1. The second kappa shape index (κ2) is 7.53. The Kier molecular flexibility index (Phi) is 4.97. The molecule has 0 bridgehead atoms. The van der Waals surface area contributed by atoms with Gasteiger partial charge in [0.1, 0.15) is 10.7 Å². The summed E-state index contributed by atoms with van der Waals surface area (Å²) in [6.07, 6.45) is 0. The Morgan fingerprint density at radius 2 is 1.92 bits per heavy atom. The monoisotopic (exact) mass is 381 g/mol. The lowest BCUT2D eigenvalue weighted by molar-refractivity contribution is 0.267. The molecule has 0 spiro atoms. The first-order valence-electron chi connectivity index (χ1n) is 8.55. The largest absolute Gasteiger partial charge is 0.309 e. The van der Waals surface area contributed by atoms with E-state index in [0.717, 1.165) is 34.9 Å². The van der Waals surface area contributed by atoms with Gasteiger partial charge in [-0.3, -0.25) is 9.69 Å². The molecule has 0 aliphatic carbocycles. The van der Waals surface area contributed by atoms with Crippen LogP contribution in [0.2, 0.25) is 0 Å². The van der Waals surface area contributed by atoms with Gasteiger partial charge in [0.25, 0.3) is 5.56 Å². The minimum atomic E-state index is -0.0581. The number of fused-ring (bicyclic) bond motifs is 1. The molecule has 4 nitrogen and oxygen atoms in total. The summed E-state index contributed by atoms with van der Waals surface area (Å²) in [7, 11) is 0. The summed E-state index contributed by atoms with van der Waals surface area (Å²) >= 11 is 3.28. The van der Waals surface area contributed by atoms with E-state index in [1.165, 1.54) is 16.2 Å². The molecule has 1 N–H and O–H groups in total. The fraction of sp³-hybridized carbons (Fsp3) is 0.200. The number of benzene rings is 1.